The zero-order valence-electron chi connectivity index (χ0n) is 10.5. The quantitative estimate of drug-likeness (QED) is 0.873. The summed E-state index contributed by atoms with van der Waals surface area (Å²) in [7, 11) is 0. The molecule has 0 aliphatic carbocycles. The fourth-order valence-corrected chi connectivity index (χ4v) is 1.92. The molecule has 1 atom stereocenters. The summed E-state index contributed by atoms with van der Waals surface area (Å²) in [6.45, 7) is 3.00. The van der Waals surface area contributed by atoms with Crippen LogP contribution in [0.25, 0.3) is 0 Å². The Morgan fingerprint density at radius 1 is 1.33 bits per heavy atom. The van der Waals surface area contributed by atoms with Crippen LogP contribution in [0.2, 0.25) is 0 Å². The number of phenolic OH excluding ortho intramolecular Hbond substituents is 1. The number of aromatic hydroxyl groups is 1. The fraction of sp³-hybridized carbons (Fsp3) is 0.538. The average molecular weight is 261 g/mol. The minimum Gasteiger partial charge on any atom is -0.508 e. The van der Waals surface area contributed by atoms with Crippen molar-refractivity contribution < 1.29 is 18.3 Å². The van der Waals surface area contributed by atoms with E-state index in [0.29, 0.717) is 18.5 Å². The number of nitrogens with zero attached hydrogens (tertiary/aromatic N) is 1. The second kappa shape index (κ2) is 6.09. The first-order valence-electron chi connectivity index (χ1n) is 5.93. The van der Waals surface area contributed by atoms with Gasteiger partial charge in [-0.15, -0.1) is 0 Å². The van der Waals surface area contributed by atoms with Crippen LogP contribution in [0.4, 0.5) is 13.2 Å². The van der Waals surface area contributed by atoms with Gasteiger partial charge in [0.2, 0.25) is 0 Å². The Morgan fingerprint density at radius 3 is 2.50 bits per heavy atom. The highest BCUT2D eigenvalue weighted by molar-refractivity contribution is 5.29. The first-order chi connectivity index (χ1) is 8.33. The molecular weight excluding hydrogens is 243 g/mol. The molecule has 18 heavy (non-hydrogen) atoms. The van der Waals surface area contributed by atoms with Crippen molar-refractivity contribution in [2.24, 2.45) is 0 Å². The van der Waals surface area contributed by atoms with Gasteiger partial charge in [-0.05, 0) is 37.6 Å². The highest BCUT2D eigenvalue weighted by Gasteiger charge is 2.32. The van der Waals surface area contributed by atoms with Crippen LogP contribution in [0.5, 0.6) is 5.75 Å². The highest BCUT2D eigenvalue weighted by atomic mass is 19.4. The van der Waals surface area contributed by atoms with E-state index >= 15 is 0 Å². The SMILES string of the molecule is CCCN(CC(F)(F)F)C(C)c1cccc(O)c1. The third kappa shape index (κ3) is 4.56. The van der Waals surface area contributed by atoms with Crippen LogP contribution in [0, 0.1) is 0 Å². The number of hydrogen-bond donors (Lipinski definition) is 1. The summed E-state index contributed by atoms with van der Waals surface area (Å²) < 4.78 is 37.5. The van der Waals surface area contributed by atoms with E-state index < -0.39 is 12.7 Å². The summed E-state index contributed by atoms with van der Waals surface area (Å²) >= 11 is 0. The molecule has 0 aliphatic heterocycles. The molecule has 0 amide bonds. The van der Waals surface area contributed by atoms with Crippen LogP contribution in [0.1, 0.15) is 31.9 Å². The monoisotopic (exact) mass is 261 g/mol. The molecule has 0 aliphatic rings. The predicted molar refractivity (Wildman–Crippen MR) is 64.4 cm³/mol. The third-order valence-electron chi connectivity index (χ3n) is 2.79. The normalized spacial score (nSPS) is 13.9. The molecule has 0 spiro atoms. The first kappa shape index (κ1) is 14.8. The predicted octanol–water partition coefficient (Wildman–Crippen LogP) is 3.73. The average Bonchev–Trinajstić information content (AvgIpc) is 2.26. The van der Waals surface area contributed by atoms with Crippen LogP contribution in [0.3, 0.4) is 0 Å². The van der Waals surface area contributed by atoms with Crippen molar-refractivity contribution in [3.05, 3.63) is 29.8 Å². The van der Waals surface area contributed by atoms with E-state index in [0.717, 1.165) is 0 Å². The second-order valence-electron chi connectivity index (χ2n) is 4.36. The number of hydrogen-bond acceptors (Lipinski definition) is 2. The van der Waals surface area contributed by atoms with E-state index in [1.165, 1.54) is 17.0 Å². The van der Waals surface area contributed by atoms with Gasteiger partial charge in [-0.3, -0.25) is 4.90 Å². The zero-order valence-corrected chi connectivity index (χ0v) is 10.5. The molecule has 0 saturated heterocycles. The van der Waals surface area contributed by atoms with Crippen molar-refractivity contribution in [3.8, 4) is 5.75 Å². The number of halogens is 3. The molecule has 0 fully saturated rings. The Bertz CT molecular complexity index is 379. The van der Waals surface area contributed by atoms with E-state index in [1.54, 1.807) is 19.1 Å². The smallest absolute Gasteiger partial charge is 0.401 e. The Labute approximate surface area is 105 Å². The van der Waals surface area contributed by atoms with Crippen molar-refractivity contribution >= 4 is 0 Å². The minimum absolute atomic E-state index is 0.0720. The van der Waals surface area contributed by atoms with Crippen molar-refractivity contribution in [3.63, 3.8) is 0 Å². The van der Waals surface area contributed by atoms with E-state index in [1.807, 2.05) is 6.92 Å². The lowest BCUT2D eigenvalue weighted by Gasteiger charge is -2.29. The van der Waals surface area contributed by atoms with Crippen molar-refractivity contribution in [2.75, 3.05) is 13.1 Å². The van der Waals surface area contributed by atoms with Crippen molar-refractivity contribution in [2.45, 2.75) is 32.5 Å². The maximum atomic E-state index is 12.5. The molecule has 1 aromatic rings. The molecule has 1 N–H and O–H groups in total. The summed E-state index contributed by atoms with van der Waals surface area (Å²) in [5.74, 6) is 0.0720. The molecule has 1 rings (SSSR count). The Hall–Kier alpha value is -1.23. The van der Waals surface area contributed by atoms with Gasteiger partial charge in [0, 0.05) is 6.04 Å². The van der Waals surface area contributed by atoms with E-state index in [-0.39, 0.29) is 11.8 Å². The Balaban J connectivity index is 2.85. The maximum Gasteiger partial charge on any atom is 0.401 e. The summed E-state index contributed by atoms with van der Waals surface area (Å²) in [6.07, 6.45) is -3.56. The summed E-state index contributed by atoms with van der Waals surface area (Å²) in [5, 5.41) is 9.37. The number of rotatable bonds is 5. The van der Waals surface area contributed by atoms with E-state index in [2.05, 4.69) is 0 Å². The molecule has 2 nitrogen and oxygen atoms in total. The molecule has 1 aromatic carbocycles. The second-order valence-corrected chi connectivity index (χ2v) is 4.36. The Morgan fingerprint density at radius 2 is 2.00 bits per heavy atom. The van der Waals surface area contributed by atoms with Crippen molar-refractivity contribution in [1.29, 1.82) is 0 Å². The number of alkyl halides is 3. The molecule has 0 saturated carbocycles. The molecule has 1 unspecified atom stereocenters. The van der Waals surface area contributed by atoms with E-state index in [4.69, 9.17) is 0 Å². The molecule has 5 heteroatoms. The Kier molecular flexibility index (Phi) is 5.02. The van der Waals surface area contributed by atoms with Crippen LogP contribution in [-0.4, -0.2) is 29.3 Å². The highest BCUT2D eigenvalue weighted by Crippen LogP contribution is 2.27. The van der Waals surface area contributed by atoms with Gasteiger partial charge in [0.25, 0.3) is 0 Å². The molecule has 0 aromatic heterocycles. The zero-order chi connectivity index (χ0) is 13.8. The van der Waals surface area contributed by atoms with Crippen LogP contribution >= 0.6 is 0 Å². The van der Waals surface area contributed by atoms with Gasteiger partial charge in [0.05, 0.1) is 6.54 Å². The van der Waals surface area contributed by atoms with Crippen LogP contribution in [0.15, 0.2) is 24.3 Å². The fourth-order valence-electron chi connectivity index (χ4n) is 1.92. The van der Waals surface area contributed by atoms with Gasteiger partial charge < -0.3 is 5.11 Å². The topological polar surface area (TPSA) is 23.5 Å². The van der Waals surface area contributed by atoms with Crippen molar-refractivity contribution in [1.82, 2.24) is 4.90 Å². The van der Waals surface area contributed by atoms with Crippen LogP contribution in [-0.2, 0) is 0 Å². The standard InChI is InChI=1S/C13H18F3NO/c1-3-7-17(9-13(14,15)16)10(2)11-5-4-6-12(18)8-11/h4-6,8,10,18H,3,7,9H2,1-2H3. The first-order valence-corrected chi connectivity index (χ1v) is 5.93. The van der Waals surface area contributed by atoms with E-state index in [9.17, 15) is 18.3 Å². The van der Waals surface area contributed by atoms with Gasteiger partial charge in [-0.25, -0.2) is 0 Å². The van der Waals surface area contributed by atoms with Crippen LogP contribution < -0.4 is 0 Å². The van der Waals surface area contributed by atoms with Gasteiger partial charge >= 0.3 is 6.18 Å². The maximum absolute atomic E-state index is 12.5. The minimum atomic E-state index is -4.21. The third-order valence-corrected chi connectivity index (χ3v) is 2.79. The lowest BCUT2D eigenvalue weighted by Crippen LogP contribution is -2.36. The number of benzene rings is 1. The summed E-state index contributed by atoms with van der Waals surface area (Å²) in [4.78, 5) is 1.37. The summed E-state index contributed by atoms with van der Waals surface area (Å²) in [6, 6.07) is 5.99. The molecule has 0 bridgehead atoms. The number of phenols is 1. The molecule has 102 valence electrons. The lowest BCUT2D eigenvalue weighted by atomic mass is 10.1. The largest absolute Gasteiger partial charge is 0.508 e. The molecular formula is C13H18F3NO. The summed E-state index contributed by atoms with van der Waals surface area (Å²) in [5.41, 5.74) is 0.688. The van der Waals surface area contributed by atoms with Gasteiger partial charge in [0.15, 0.2) is 0 Å². The van der Waals surface area contributed by atoms with Gasteiger partial charge in [0.1, 0.15) is 5.75 Å². The van der Waals surface area contributed by atoms with Gasteiger partial charge in [-0.1, -0.05) is 19.1 Å². The lowest BCUT2D eigenvalue weighted by molar-refractivity contribution is -0.150. The molecule has 0 radical (unpaired) electrons. The molecule has 0 heterocycles. The van der Waals surface area contributed by atoms with Gasteiger partial charge in [-0.2, -0.15) is 13.2 Å².